The van der Waals surface area contributed by atoms with E-state index in [9.17, 15) is 0 Å². The molecule has 0 aromatic heterocycles. The molecular weight excluding hydrogens is 252 g/mol. The maximum atomic E-state index is 7.66. The summed E-state index contributed by atoms with van der Waals surface area (Å²) < 4.78 is 11.5. The lowest BCUT2D eigenvalue weighted by Gasteiger charge is -2.24. The third-order valence-electron chi connectivity index (χ3n) is 3.64. The predicted molar refractivity (Wildman–Crippen MR) is 79.4 cm³/mol. The van der Waals surface area contributed by atoms with Gasteiger partial charge in [0.1, 0.15) is 17.7 Å². The Morgan fingerprint density at radius 1 is 1.10 bits per heavy atom. The van der Waals surface area contributed by atoms with Crippen LogP contribution in [-0.2, 0) is 4.74 Å². The van der Waals surface area contributed by atoms with Gasteiger partial charge in [0.15, 0.2) is 0 Å². The van der Waals surface area contributed by atoms with Crippen LogP contribution in [0.3, 0.4) is 0 Å². The summed E-state index contributed by atoms with van der Waals surface area (Å²) in [4.78, 5) is 0. The van der Waals surface area contributed by atoms with E-state index in [1.807, 2.05) is 36.4 Å². The van der Waals surface area contributed by atoms with Crippen LogP contribution in [0.25, 0.3) is 10.8 Å². The standard InChI is InChI=1S/C16H18N2O2/c17-16(18)14-5-6-15(13-4-2-1-3-12(13)14)20-11-7-9-19-10-8-11/h1-6,11H,7-10H2,(H3,17,18). The number of hydrogen-bond acceptors (Lipinski definition) is 3. The van der Waals surface area contributed by atoms with E-state index in [2.05, 4.69) is 0 Å². The Labute approximate surface area is 118 Å². The number of nitrogens with two attached hydrogens (primary N) is 1. The van der Waals surface area contributed by atoms with E-state index in [-0.39, 0.29) is 11.9 Å². The molecule has 1 fully saturated rings. The molecule has 4 nitrogen and oxygen atoms in total. The minimum absolute atomic E-state index is 0.0822. The first-order chi connectivity index (χ1) is 9.75. The summed E-state index contributed by atoms with van der Waals surface area (Å²) in [6.07, 6.45) is 2.04. The van der Waals surface area contributed by atoms with Gasteiger partial charge in [0.2, 0.25) is 0 Å². The van der Waals surface area contributed by atoms with E-state index in [4.69, 9.17) is 20.6 Å². The molecule has 0 atom stereocenters. The van der Waals surface area contributed by atoms with Gasteiger partial charge in [-0.05, 0) is 17.5 Å². The lowest BCUT2D eigenvalue weighted by Crippen LogP contribution is -2.26. The van der Waals surface area contributed by atoms with Crippen molar-refractivity contribution in [1.82, 2.24) is 0 Å². The predicted octanol–water partition coefficient (Wildman–Crippen LogP) is 2.68. The molecule has 3 N–H and O–H groups in total. The summed E-state index contributed by atoms with van der Waals surface area (Å²) in [6, 6.07) is 11.7. The highest BCUT2D eigenvalue weighted by molar-refractivity contribution is 6.09. The van der Waals surface area contributed by atoms with Crippen LogP contribution in [0.2, 0.25) is 0 Å². The fourth-order valence-corrected chi connectivity index (χ4v) is 2.58. The number of ether oxygens (including phenoxy) is 2. The molecule has 2 aromatic rings. The molecule has 20 heavy (non-hydrogen) atoms. The smallest absolute Gasteiger partial charge is 0.127 e. The van der Waals surface area contributed by atoms with E-state index >= 15 is 0 Å². The average Bonchev–Trinajstić information content (AvgIpc) is 2.48. The highest BCUT2D eigenvalue weighted by atomic mass is 16.5. The van der Waals surface area contributed by atoms with Gasteiger partial charge in [0.25, 0.3) is 0 Å². The van der Waals surface area contributed by atoms with Gasteiger partial charge in [-0.3, -0.25) is 5.41 Å². The fourth-order valence-electron chi connectivity index (χ4n) is 2.58. The normalized spacial score (nSPS) is 16.2. The van der Waals surface area contributed by atoms with Gasteiger partial charge in [-0.2, -0.15) is 0 Å². The molecule has 0 spiro atoms. The SMILES string of the molecule is N=C(N)c1ccc(OC2CCOCC2)c2ccccc12. The zero-order valence-electron chi connectivity index (χ0n) is 11.3. The van der Waals surface area contributed by atoms with Crippen LogP contribution in [0.1, 0.15) is 18.4 Å². The lowest BCUT2D eigenvalue weighted by atomic mass is 10.0. The van der Waals surface area contributed by atoms with E-state index in [1.165, 1.54) is 0 Å². The summed E-state index contributed by atoms with van der Waals surface area (Å²) in [7, 11) is 0. The van der Waals surface area contributed by atoms with Crippen molar-refractivity contribution in [2.45, 2.75) is 18.9 Å². The van der Waals surface area contributed by atoms with Gasteiger partial charge >= 0.3 is 0 Å². The number of benzene rings is 2. The first-order valence-corrected chi connectivity index (χ1v) is 6.86. The Hall–Kier alpha value is -2.07. The van der Waals surface area contributed by atoms with Gasteiger partial charge in [-0.15, -0.1) is 0 Å². The number of hydrogen-bond donors (Lipinski definition) is 2. The molecule has 4 heteroatoms. The molecule has 0 radical (unpaired) electrons. The van der Waals surface area contributed by atoms with E-state index in [0.29, 0.717) is 0 Å². The lowest BCUT2D eigenvalue weighted by molar-refractivity contribution is 0.0262. The van der Waals surface area contributed by atoms with Crippen molar-refractivity contribution in [3.05, 3.63) is 42.0 Å². The number of amidine groups is 1. The summed E-state index contributed by atoms with van der Waals surface area (Å²) in [6.45, 7) is 1.52. The van der Waals surface area contributed by atoms with Crippen LogP contribution < -0.4 is 10.5 Å². The Morgan fingerprint density at radius 3 is 2.50 bits per heavy atom. The first-order valence-electron chi connectivity index (χ1n) is 6.86. The minimum Gasteiger partial charge on any atom is -0.490 e. The monoisotopic (exact) mass is 270 g/mol. The zero-order valence-corrected chi connectivity index (χ0v) is 11.3. The van der Waals surface area contributed by atoms with Crippen molar-refractivity contribution in [3.8, 4) is 5.75 Å². The van der Waals surface area contributed by atoms with E-state index in [0.717, 1.165) is 48.1 Å². The van der Waals surface area contributed by atoms with Crippen LogP contribution >= 0.6 is 0 Å². The summed E-state index contributed by atoms with van der Waals surface area (Å²) in [5, 5.41) is 9.63. The van der Waals surface area contributed by atoms with Crippen molar-refractivity contribution >= 4 is 16.6 Å². The van der Waals surface area contributed by atoms with Crippen LogP contribution in [0.4, 0.5) is 0 Å². The number of rotatable bonds is 3. The molecule has 2 aromatic carbocycles. The molecule has 104 valence electrons. The van der Waals surface area contributed by atoms with Crippen molar-refractivity contribution in [2.75, 3.05) is 13.2 Å². The molecular formula is C16H18N2O2. The number of fused-ring (bicyclic) bond motifs is 1. The maximum absolute atomic E-state index is 7.66. The Bertz CT molecular complexity index is 633. The molecule has 1 saturated heterocycles. The summed E-state index contributed by atoms with van der Waals surface area (Å²) >= 11 is 0. The van der Waals surface area contributed by atoms with Crippen molar-refractivity contribution < 1.29 is 9.47 Å². The topological polar surface area (TPSA) is 68.3 Å². The van der Waals surface area contributed by atoms with Gasteiger partial charge in [-0.1, -0.05) is 24.3 Å². The molecule has 0 saturated carbocycles. The Balaban J connectivity index is 1.99. The quantitative estimate of drug-likeness (QED) is 0.665. The van der Waals surface area contributed by atoms with Crippen LogP contribution in [-0.4, -0.2) is 25.2 Å². The summed E-state index contributed by atoms with van der Waals surface area (Å²) in [5.41, 5.74) is 6.39. The molecule has 3 rings (SSSR count). The van der Waals surface area contributed by atoms with Crippen molar-refractivity contribution in [1.29, 1.82) is 5.41 Å². The van der Waals surface area contributed by atoms with Gasteiger partial charge in [-0.25, -0.2) is 0 Å². The Morgan fingerprint density at radius 2 is 1.80 bits per heavy atom. The fraction of sp³-hybridized carbons (Fsp3) is 0.312. The summed E-state index contributed by atoms with van der Waals surface area (Å²) in [5.74, 6) is 0.941. The molecule has 0 bridgehead atoms. The molecule has 1 aliphatic heterocycles. The van der Waals surface area contributed by atoms with E-state index < -0.39 is 0 Å². The molecule has 1 heterocycles. The van der Waals surface area contributed by atoms with Crippen molar-refractivity contribution in [3.63, 3.8) is 0 Å². The minimum atomic E-state index is 0.0822. The number of nitrogen functional groups attached to an aromatic ring is 1. The van der Waals surface area contributed by atoms with Gasteiger partial charge in [0.05, 0.1) is 13.2 Å². The third-order valence-corrected chi connectivity index (χ3v) is 3.64. The van der Waals surface area contributed by atoms with Gasteiger partial charge < -0.3 is 15.2 Å². The first kappa shape index (κ1) is 12.9. The van der Waals surface area contributed by atoms with Crippen LogP contribution in [0.15, 0.2) is 36.4 Å². The Kier molecular flexibility index (Phi) is 3.56. The molecule has 1 aliphatic rings. The average molecular weight is 270 g/mol. The van der Waals surface area contributed by atoms with Crippen LogP contribution in [0, 0.1) is 5.41 Å². The molecule has 0 unspecified atom stereocenters. The molecule has 0 aliphatic carbocycles. The van der Waals surface area contributed by atoms with Crippen molar-refractivity contribution in [2.24, 2.45) is 5.73 Å². The second-order valence-electron chi connectivity index (χ2n) is 5.00. The van der Waals surface area contributed by atoms with Crippen LogP contribution in [0.5, 0.6) is 5.75 Å². The highest BCUT2D eigenvalue weighted by Crippen LogP contribution is 2.30. The number of nitrogens with one attached hydrogen (secondary N) is 1. The van der Waals surface area contributed by atoms with E-state index in [1.54, 1.807) is 0 Å². The zero-order chi connectivity index (χ0) is 13.9. The maximum Gasteiger partial charge on any atom is 0.127 e. The third kappa shape index (κ3) is 2.47. The molecule has 0 amide bonds. The highest BCUT2D eigenvalue weighted by Gasteiger charge is 2.17. The largest absolute Gasteiger partial charge is 0.490 e. The second kappa shape index (κ2) is 5.51. The van der Waals surface area contributed by atoms with Gasteiger partial charge in [0, 0.05) is 23.8 Å². The second-order valence-corrected chi connectivity index (χ2v) is 5.00.